The topological polar surface area (TPSA) is 86.8 Å². The third kappa shape index (κ3) is 7.72. The first kappa shape index (κ1) is 29.5. The molecule has 3 aromatic rings. The molecule has 0 aromatic heterocycles. The fourth-order valence-corrected chi connectivity index (χ4v) is 5.83. The molecule has 0 aliphatic heterocycles. The summed E-state index contributed by atoms with van der Waals surface area (Å²) >= 11 is 12.4. The van der Waals surface area contributed by atoms with Gasteiger partial charge in [-0.2, -0.15) is 0 Å². The van der Waals surface area contributed by atoms with Gasteiger partial charge in [0.2, 0.25) is 11.8 Å². The monoisotopic (exact) mass is 575 g/mol. The van der Waals surface area contributed by atoms with E-state index in [-0.39, 0.29) is 33.1 Å². The Labute approximate surface area is 234 Å². The molecule has 10 heteroatoms. The van der Waals surface area contributed by atoms with Crippen LogP contribution in [0.15, 0.2) is 83.8 Å². The summed E-state index contributed by atoms with van der Waals surface area (Å²) in [5.41, 5.74) is 1.13. The smallest absolute Gasteiger partial charge is 0.264 e. The van der Waals surface area contributed by atoms with Crippen LogP contribution in [0.1, 0.15) is 25.8 Å². The predicted octanol–water partition coefficient (Wildman–Crippen LogP) is 5.17. The van der Waals surface area contributed by atoms with Gasteiger partial charge in [0.1, 0.15) is 12.6 Å². The summed E-state index contributed by atoms with van der Waals surface area (Å²) in [5, 5.41) is 3.27. The van der Waals surface area contributed by atoms with Crippen LogP contribution >= 0.6 is 23.2 Å². The van der Waals surface area contributed by atoms with Gasteiger partial charge in [0, 0.05) is 23.1 Å². The number of benzene rings is 3. The Hall–Kier alpha value is -3.07. The van der Waals surface area contributed by atoms with E-state index in [0.29, 0.717) is 13.0 Å². The Morgan fingerprint density at radius 2 is 1.50 bits per heavy atom. The van der Waals surface area contributed by atoms with Crippen LogP contribution in [0.3, 0.4) is 0 Å². The van der Waals surface area contributed by atoms with Crippen LogP contribution in [0.25, 0.3) is 0 Å². The number of halogens is 2. The van der Waals surface area contributed by atoms with Crippen LogP contribution in [-0.4, -0.2) is 50.8 Å². The van der Waals surface area contributed by atoms with Crippen LogP contribution in [0.5, 0.6) is 0 Å². The highest BCUT2D eigenvalue weighted by molar-refractivity contribution is 7.92. The first-order valence-electron chi connectivity index (χ1n) is 12.3. The molecule has 0 saturated carbocycles. The number of sulfonamides is 1. The second kappa shape index (κ2) is 13.6. The number of carbonyl (C=O) groups is 2. The largest absolute Gasteiger partial charge is 0.354 e. The molecule has 0 unspecified atom stereocenters. The summed E-state index contributed by atoms with van der Waals surface area (Å²) in [6, 6.07) is 20.9. The summed E-state index contributed by atoms with van der Waals surface area (Å²) in [5.74, 6) is -0.841. The average molecular weight is 577 g/mol. The molecule has 3 aromatic carbocycles. The Kier molecular flexibility index (Phi) is 10.6. The van der Waals surface area contributed by atoms with Crippen molar-refractivity contribution in [3.63, 3.8) is 0 Å². The number of hydrogen-bond donors (Lipinski definition) is 1. The zero-order chi connectivity index (χ0) is 27.7. The van der Waals surface area contributed by atoms with Crippen LogP contribution in [0, 0.1) is 0 Å². The number of rotatable bonds is 12. The van der Waals surface area contributed by atoms with Crippen LogP contribution in [0.4, 0.5) is 5.69 Å². The maximum absolute atomic E-state index is 13.8. The minimum atomic E-state index is -4.18. The van der Waals surface area contributed by atoms with E-state index < -0.39 is 28.5 Å². The number of nitrogens with one attached hydrogen (secondary N) is 1. The number of nitrogens with zero attached hydrogens (tertiary/aromatic N) is 2. The third-order valence-corrected chi connectivity index (χ3v) is 8.17. The van der Waals surface area contributed by atoms with Crippen molar-refractivity contribution in [1.29, 1.82) is 0 Å². The summed E-state index contributed by atoms with van der Waals surface area (Å²) in [6.07, 6.45) is 1.24. The van der Waals surface area contributed by atoms with Crippen molar-refractivity contribution in [2.75, 3.05) is 23.9 Å². The number of carbonyl (C=O) groups excluding carboxylic acids is 2. The normalized spacial score (nSPS) is 12.0. The number of amides is 2. The Morgan fingerprint density at radius 3 is 2.08 bits per heavy atom. The molecule has 0 aliphatic rings. The third-order valence-electron chi connectivity index (χ3n) is 5.95. The van der Waals surface area contributed by atoms with E-state index >= 15 is 0 Å². The van der Waals surface area contributed by atoms with Gasteiger partial charge in [0.05, 0.1) is 10.6 Å². The molecule has 0 heterocycles. The van der Waals surface area contributed by atoms with Gasteiger partial charge in [0.15, 0.2) is 0 Å². The lowest BCUT2D eigenvalue weighted by molar-refractivity contribution is -0.138. The lowest BCUT2D eigenvalue weighted by Gasteiger charge is -2.32. The van der Waals surface area contributed by atoms with E-state index in [1.165, 1.54) is 35.2 Å². The zero-order valence-electron chi connectivity index (χ0n) is 21.3. The molecule has 202 valence electrons. The fraction of sp³-hybridized carbons (Fsp3) is 0.286. The molecule has 1 atom stereocenters. The molecule has 0 radical (unpaired) electrons. The van der Waals surface area contributed by atoms with Crippen molar-refractivity contribution in [2.24, 2.45) is 0 Å². The van der Waals surface area contributed by atoms with E-state index in [4.69, 9.17) is 23.2 Å². The Balaban J connectivity index is 1.98. The zero-order valence-corrected chi connectivity index (χ0v) is 23.6. The molecule has 0 aliphatic carbocycles. The number of anilines is 1. The molecule has 2 amide bonds. The van der Waals surface area contributed by atoms with E-state index in [2.05, 4.69) is 5.32 Å². The maximum atomic E-state index is 13.8. The van der Waals surface area contributed by atoms with Gasteiger partial charge >= 0.3 is 0 Å². The van der Waals surface area contributed by atoms with E-state index in [1.54, 1.807) is 25.1 Å². The Morgan fingerprint density at radius 1 is 0.921 bits per heavy atom. The lowest BCUT2D eigenvalue weighted by atomic mass is 10.1. The van der Waals surface area contributed by atoms with E-state index in [9.17, 15) is 18.0 Å². The standard InChI is InChI=1S/C28H31Cl2N3O4S/c1-3-15-31-28(35)21(2)32(16-14-22-10-6-4-7-11-22)27(34)20-33(25-18-23(29)17-24(30)19-25)38(36,37)26-12-8-5-9-13-26/h4-13,17-19,21H,3,14-16,20H2,1-2H3,(H,31,35)/t21-/m0/s1. The summed E-state index contributed by atoms with van der Waals surface area (Å²) in [7, 11) is -4.18. The van der Waals surface area contributed by atoms with E-state index in [0.717, 1.165) is 16.3 Å². The van der Waals surface area contributed by atoms with Gasteiger partial charge in [-0.3, -0.25) is 13.9 Å². The predicted molar refractivity (Wildman–Crippen MR) is 152 cm³/mol. The molecular formula is C28H31Cl2N3O4S. The Bertz CT molecular complexity index is 1320. The first-order valence-corrected chi connectivity index (χ1v) is 14.5. The second-order valence-electron chi connectivity index (χ2n) is 8.74. The molecule has 0 spiro atoms. The van der Waals surface area contributed by atoms with Crippen molar-refractivity contribution in [2.45, 2.75) is 37.6 Å². The number of hydrogen-bond acceptors (Lipinski definition) is 4. The van der Waals surface area contributed by atoms with Crippen molar-refractivity contribution in [1.82, 2.24) is 10.2 Å². The van der Waals surface area contributed by atoms with Crippen LogP contribution in [-0.2, 0) is 26.0 Å². The SMILES string of the molecule is CCCNC(=O)[C@H](C)N(CCc1ccccc1)C(=O)CN(c1cc(Cl)cc(Cl)c1)S(=O)(=O)c1ccccc1. The molecule has 0 bridgehead atoms. The summed E-state index contributed by atoms with van der Waals surface area (Å²) in [6.45, 7) is 3.72. The van der Waals surface area contributed by atoms with E-state index in [1.807, 2.05) is 37.3 Å². The minimum absolute atomic E-state index is 0.00784. The van der Waals surface area contributed by atoms with Gasteiger partial charge in [-0.1, -0.05) is 78.7 Å². The molecule has 3 rings (SSSR count). The highest BCUT2D eigenvalue weighted by Crippen LogP contribution is 2.30. The van der Waals surface area contributed by atoms with Crippen molar-refractivity contribution in [3.8, 4) is 0 Å². The van der Waals surface area contributed by atoms with Gasteiger partial charge in [-0.25, -0.2) is 8.42 Å². The van der Waals surface area contributed by atoms with Crippen LogP contribution < -0.4 is 9.62 Å². The quantitative estimate of drug-likeness (QED) is 0.322. The van der Waals surface area contributed by atoms with Crippen molar-refractivity contribution < 1.29 is 18.0 Å². The van der Waals surface area contributed by atoms with Crippen molar-refractivity contribution in [3.05, 3.63) is 94.5 Å². The molecule has 7 nitrogen and oxygen atoms in total. The highest BCUT2D eigenvalue weighted by atomic mass is 35.5. The average Bonchev–Trinajstić information content (AvgIpc) is 2.90. The molecule has 0 saturated heterocycles. The highest BCUT2D eigenvalue weighted by Gasteiger charge is 2.32. The van der Waals surface area contributed by atoms with Gasteiger partial charge in [-0.05, 0) is 55.7 Å². The molecule has 38 heavy (non-hydrogen) atoms. The summed E-state index contributed by atoms with van der Waals surface area (Å²) in [4.78, 5) is 28.1. The summed E-state index contributed by atoms with van der Waals surface area (Å²) < 4.78 is 28.4. The van der Waals surface area contributed by atoms with Crippen LogP contribution in [0.2, 0.25) is 10.0 Å². The molecular weight excluding hydrogens is 545 g/mol. The molecule has 1 N–H and O–H groups in total. The van der Waals surface area contributed by atoms with Gasteiger partial charge in [-0.15, -0.1) is 0 Å². The minimum Gasteiger partial charge on any atom is -0.354 e. The fourth-order valence-electron chi connectivity index (χ4n) is 3.90. The maximum Gasteiger partial charge on any atom is 0.264 e. The molecule has 0 fully saturated rings. The second-order valence-corrected chi connectivity index (χ2v) is 11.5. The van der Waals surface area contributed by atoms with Gasteiger partial charge in [0.25, 0.3) is 10.0 Å². The first-order chi connectivity index (χ1) is 18.1. The lowest BCUT2D eigenvalue weighted by Crippen LogP contribution is -2.52. The van der Waals surface area contributed by atoms with Crippen molar-refractivity contribution >= 4 is 50.7 Å². The van der Waals surface area contributed by atoms with Gasteiger partial charge < -0.3 is 10.2 Å².